The molecule has 2 heterocycles. The second kappa shape index (κ2) is 7.32. The normalized spacial score (nSPS) is 11.0. The van der Waals surface area contributed by atoms with Crippen molar-refractivity contribution in [1.82, 2.24) is 18.7 Å². The Morgan fingerprint density at radius 3 is 2.43 bits per heavy atom. The van der Waals surface area contributed by atoms with Crippen LogP contribution in [0.15, 0.2) is 83.2 Å². The summed E-state index contributed by atoms with van der Waals surface area (Å²) in [6, 6.07) is 16.2. The van der Waals surface area contributed by atoms with Crippen LogP contribution in [0.3, 0.4) is 0 Å². The minimum absolute atomic E-state index is 0.168. The van der Waals surface area contributed by atoms with Gasteiger partial charge in [0.25, 0.3) is 5.56 Å². The molecule has 0 saturated carbocycles. The molecular formula is C21H17ClN4O2. The molecule has 6 nitrogen and oxygen atoms in total. The van der Waals surface area contributed by atoms with Crippen LogP contribution in [0.25, 0.3) is 16.9 Å². The molecule has 0 amide bonds. The number of halogens is 1. The fourth-order valence-electron chi connectivity index (χ4n) is 3.19. The lowest BCUT2D eigenvalue weighted by Gasteiger charge is -2.12. The topological polar surface area (TPSA) is 61.8 Å². The van der Waals surface area contributed by atoms with Gasteiger partial charge in [-0.25, -0.2) is 14.3 Å². The van der Waals surface area contributed by atoms with Gasteiger partial charge in [-0.2, -0.15) is 0 Å². The molecule has 0 saturated heterocycles. The third-order valence-electron chi connectivity index (χ3n) is 4.49. The number of aromatic nitrogens is 4. The standard InChI is InChI=1S/C21H17ClN4O2/c1-2-12-24-14-23-19-18(24)20(27)25(13-15-6-4-3-5-7-15)21(28)26(19)17-10-8-16(22)9-11-17/h2-11,14H,1,12-13H2. The van der Waals surface area contributed by atoms with Gasteiger partial charge in [-0.1, -0.05) is 48.0 Å². The predicted molar refractivity (Wildman–Crippen MR) is 110 cm³/mol. The first-order valence-electron chi connectivity index (χ1n) is 8.71. The molecule has 28 heavy (non-hydrogen) atoms. The minimum Gasteiger partial charge on any atom is -0.321 e. The fourth-order valence-corrected chi connectivity index (χ4v) is 3.31. The summed E-state index contributed by atoms with van der Waals surface area (Å²) in [4.78, 5) is 30.8. The Bertz CT molecular complexity index is 1270. The highest BCUT2D eigenvalue weighted by Gasteiger charge is 2.19. The second-order valence-corrected chi connectivity index (χ2v) is 6.77. The highest BCUT2D eigenvalue weighted by atomic mass is 35.5. The van der Waals surface area contributed by atoms with Crippen molar-refractivity contribution in [1.29, 1.82) is 0 Å². The molecule has 0 spiro atoms. The van der Waals surface area contributed by atoms with Crippen LogP contribution in [0.4, 0.5) is 0 Å². The lowest BCUT2D eigenvalue weighted by atomic mass is 10.2. The van der Waals surface area contributed by atoms with E-state index in [0.29, 0.717) is 28.4 Å². The van der Waals surface area contributed by atoms with Crippen molar-refractivity contribution < 1.29 is 0 Å². The van der Waals surface area contributed by atoms with E-state index in [4.69, 9.17) is 11.6 Å². The van der Waals surface area contributed by atoms with Crippen LogP contribution in [0.2, 0.25) is 5.02 Å². The number of hydrogen-bond acceptors (Lipinski definition) is 3. The van der Waals surface area contributed by atoms with Crippen LogP contribution < -0.4 is 11.2 Å². The number of allylic oxidation sites excluding steroid dienone is 1. The molecule has 0 radical (unpaired) electrons. The molecule has 0 bridgehead atoms. The van der Waals surface area contributed by atoms with E-state index in [-0.39, 0.29) is 12.1 Å². The van der Waals surface area contributed by atoms with Gasteiger partial charge in [-0.05, 0) is 29.8 Å². The molecule has 2 aromatic carbocycles. The SMILES string of the molecule is C=CCn1cnc2c1c(=O)n(Cc1ccccc1)c(=O)n2-c1ccc(Cl)cc1. The first kappa shape index (κ1) is 18.0. The van der Waals surface area contributed by atoms with Crippen molar-refractivity contribution in [2.45, 2.75) is 13.1 Å². The van der Waals surface area contributed by atoms with E-state index in [1.54, 1.807) is 41.2 Å². The Kier molecular flexibility index (Phi) is 4.71. The Hall–Kier alpha value is -3.38. The third-order valence-corrected chi connectivity index (χ3v) is 4.75. The van der Waals surface area contributed by atoms with E-state index >= 15 is 0 Å². The quantitative estimate of drug-likeness (QED) is 0.490. The van der Waals surface area contributed by atoms with Gasteiger partial charge in [-0.3, -0.25) is 9.36 Å². The highest BCUT2D eigenvalue weighted by molar-refractivity contribution is 6.30. The zero-order valence-electron chi connectivity index (χ0n) is 15.0. The third kappa shape index (κ3) is 3.08. The average molecular weight is 393 g/mol. The summed E-state index contributed by atoms with van der Waals surface area (Å²) in [5.74, 6) is 0. The maximum atomic E-state index is 13.3. The van der Waals surface area contributed by atoms with E-state index in [0.717, 1.165) is 5.56 Å². The molecule has 4 rings (SSSR count). The van der Waals surface area contributed by atoms with Gasteiger partial charge < -0.3 is 4.57 Å². The molecular weight excluding hydrogens is 376 g/mol. The van der Waals surface area contributed by atoms with E-state index in [1.165, 1.54) is 9.13 Å². The summed E-state index contributed by atoms with van der Waals surface area (Å²) in [5.41, 5.74) is 1.28. The van der Waals surface area contributed by atoms with Crippen LogP contribution in [-0.4, -0.2) is 18.7 Å². The van der Waals surface area contributed by atoms with E-state index in [2.05, 4.69) is 11.6 Å². The zero-order valence-corrected chi connectivity index (χ0v) is 15.7. The number of benzene rings is 2. The molecule has 140 valence electrons. The number of fused-ring (bicyclic) bond motifs is 1. The Labute approximate surface area is 165 Å². The summed E-state index contributed by atoms with van der Waals surface area (Å²) in [5, 5.41) is 0.558. The Balaban J connectivity index is 2.04. The van der Waals surface area contributed by atoms with E-state index in [9.17, 15) is 9.59 Å². The van der Waals surface area contributed by atoms with E-state index < -0.39 is 5.69 Å². The molecule has 0 aliphatic carbocycles. The summed E-state index contributed by atoms with van der Waals surface area (Å²) in [6.07, 6.45) is 3.23. The number of rotatable bonds is 5. The van der Waals surface area contributed by atoms with Gasteiger partial charge in [0, 0.05) is 11.6 Å². The van der Waals surface area contributed by atoms with Gasteiger partial charge >= 0.3 is 5.69 Å². The van der Waals surface area contributed by atoms with Crippen molar-refractivity contribution in [3.8, 4) is 5.69 Å². The molecule has 4 aromatic rings. The van der Waals surface area contributed by atoms with Gasteiger partial charge in [0.15, 0.2) is 11.2 Å². The van der Waals surface area contributed by atoms with Crippen LogP contribution in [-0.2, 0) is 13.1 Å². The maximum absolute atomic E-state index is 13.3. The van der Waals surface area contributed by atoms with Crippen LogP contribution in [0, 0.1) is 0 Å². The van der Waals surface area contributed by atoms with Crippen molar-refractivity contribution in [2.24, 2.45) is 0 Å². The monoisotopic (exact) mass is 392 g/mol. The molecule has 2 aromatic heterocycles. The predicted octanol–water partition coefficient (Wildman–Crippen LogP) is 3.24. The molecule has 0 unspecified atom stereocenters. The van der Waals surface area contributed by atoms with Crippen molar-refractivity contribution in [3.63, 3.8) is 0 Å². The molecule has 0 N–H and O–H groups in total. The summed E-state index contributed by atoms with van der Waals surface area (Å²) in [7, 11) is 0. The summed E-state index contributed by atoms with van der Waals surface area (Å²) in [6.45, 7) is 4.31. The molecule has 0 aliphatic heterocycles. The molecule has 7 heteroatoms. The van der Waals surface area contributed by atoms with Crippen LogP contribution >= 0.6 is 11.6 Å². The number of nitrogens with zero attached hydrogens (tertiary/aromatic N) is 4. The van der Waals surface area contributed by atoms with Crippen LogP contribution in [0.1, 0.15) is 5.56 Å². The van der Waals surface area contributed by atoms with Crippen LogP contribution in [0.5, 0.6) is 0 Å². The van der Waals surface area contributed by atoms with Crippen molar-refractivity contribution >= 4 is 22.8 Å². The second-order valence-electron chi connectivity index (χ2n) is 6.33. The van der Waals surface area contributed by atoms with Crippen molar-refractivity contribution in [3.05, 3.63) is 105 Å². The summed E-state index contributed by atoms with van der Waals surface area (Å²) < 4.78 is 4.36. The first-order chi connectivity index (χ1) is 13.6. The smallest absolute Gasteiger partial charge is 0.321 e. The van der Waals surface area contributed by atoms with Gasteiger partial charge in [0.1, 0.15) is 0 Å². The first-order valence-corrected chi connectivity index (χ1v) is 9.09. The number of imidazole rings is 1. The van der Waals surface area contributed by atoms with Gasteiger partial charge in [-0.15, -0.1) is 6.58 Å². The van der Waals surface area contributed by atoms with Gasteiger partial charge in [0.05, 0.1) is 18.6 Å². The maximum Gasteiger partial charge on any atom is 0.337 e. The molecule has 0 aliphatic rings. The zero-order chi connectivity index (χ0) is 19.7. The summed E-state index contributed by atoms with van der Waals surface area (Å²) >= 11 is 5.99. The minimum atomic E-state index is -0.451. The fraction of sp³-hybridized carbons (Fsp3) is 0.0952. The molecule has 0 atom stereocenters. The van der Waals surface area contributed by atoms with Crippen molar-refractivity contribution in [2.75, 3.05) is 0 Å². The Morgan fingerprint density at radius 2 is 1.75 bits per heavy atom. The van der Waals surface area contributed by atoms with E-state index in [1.807, 2.05) is 30.3 Å². The lowest BCUT2D eigenvalue weighted by Crippen LogP contribution is -2.40. The largest absolute Gasteiger partial charge is 0.337 e. The highest BCUT2D eigenvalue weighted by Crippen LogP contribution is 2.16. The van der Waals surface area contributed by atoms with Gasteiger partial charge in [0.2, 0.25) is 0 Å². The lowest BCUT2D eigenvalue weighted by molar-refractivity contribution is 0.678. The average Bonchev–Trinajstić information content (AvgIpc) is 3.11. The Morgan fingerprint density at radius 1 is 1.04 bits per heavy atom. The number of hydrogen-bond donors (Lipinski definition) is 0. The molecule has 0 fully saturated rings.